The van der Waals surface area contributed by atoms with Crippen LogP contribution in [0.1, 0.15) is 43.7 Å². The zero-order chi connectivity index (χ0) is 17.7. The minimum absolute atomic E-state index is 0.0442. The smallest absolute Gasteiger partial charge is 0.338 e. The molecule has 0 unspecified atom stereocenters. The molecule has 1 saturated heterocycles. The topological polar surface area (TPSA) is 66.8 Å². The molecule has 1 amide bonds. The zero-order valence-electron chi connectivity index (χ0n) is 14.7. The summed E-state index contributed by atoms with van der Waals surface area (Å²) in [4.78, 5) is 26.7. The number of esters is 1. The van der Waals surface area contributed by atoms with Crippen LogP contribution in [0.5, 0.6) is 0 Å². The molecule has 1 saturated carbocycles. The van der Waals surface area contributed by atoms with Gasteiger partial charge in [-0.25, -0.2) is 4.79 Å². The highest BCUT2D eigenvalue weighted by Crippen LogP contribution is 2.62. The molecule has 5 heteroatoms. The van der Waals surface area contributed by atoms with Gasteiger partial charge in [0.1, 0.15) is 0 Å². The Balaban J connectivity index is 1.41. The lowest BCUT2D eigenvalue weighted by atomic mass is 9.90. The first-order valence-electron chi connectivity index (χ1n) is 9.27. The van der Waals surface area contributed by atoms with E-state index in [1.165, 1.54) is 11.1 Å². The molecule has 0 aromatic heterocycles. The van der Waals surface area contributed by atoms with Crippen molar-refractivity contribution in [2.24, 2.45) is 5.92 Å². The van der Waals surface area contributed by atoms with E-state index < -0.39 is 11.6 Å². The number of piperidine rings is 1. The van der Waals surface area contributed by atoms with Gasteiger partial charge in [0.25, 0.3) is 0 Å². The van der Waals surface area contributed by atoms with Crippen LogP contribution in [0.3, 0.4) is 0 Å². The lowest BCUT2D eigenvalue weighted by Crippen LogP contribution is -2.52. The second-order valence-corrected chi connectivity index (χ2v) is 7.65. The summed E-state index contributed by atoms with van der Waals surface area (Å²) >= 11 is 0. The van der Waals surface area contributed by atoms with E-state index in [9.17, 15) is 14.7 Å². The molecule has 134 valence electrons. The Bertz CT molecular complexity index is 707. The lowest BCUT2D eigenvalue weighted by molar-refractivity contribution is -0.171. The number of aryl methyl sites for hydroxylation is 1. The number of carbonyl (C=O) groups is 2. The number of benzene rings is 1. The first-order chi connectivity index (χ1) is 12.0. The number of amides is 1. The fourth-order valence-electron chi connectivity index (χ4n) is 4.71. The van der Waals surface area contributed by atoms with E-state index >= 15 is 0 Å². The summed E-state index contributed by atoms with van der Waals surface area (Å²) in [7, 11) is 0. The lowest BCUT2D eigenvalue weighted by Gasteiger charge is -2.36. The van der Waals surface area contributed by atoms with Gasteiger partial charge >= 0.3 is 5.97 Å². The van der Waals surface area contributed by atoms with E-state index in [-0.39, 0.29) is 36.7 Å². The first kappa shape index (κ1) is 16.6. The molecule has 1 aliphatic heterocycles. The van der Waals surface area contributed by atoms with Crippen molar-refractivity contribution in [3.8, 4) is 0 Å². The molecule has 5 nitrogen and oxygen atoms in total. The van der Waals surface area contributed by atoms with Gasteiger partial charge in [0.2, 0.25) is 5.91 Å². The summed E-state index contributed by atoms with van der Waals surface area (Å²) in [5, 5.41) is 10.4. The van der Waals surface area contributed by atoms with Crippen LogP contribution in [0.2, 0.25) is 0 Å². The van der Waals surface area contributed by atoms with E-state index in [4.69, 9.17) is 4.74 Å². The molecule has 2 fully saturated rings. The highest BCUT2D eigenvalue weighted by atomic mass is 16.5. The van der Waals surface area contributed by atoms with Gasteiger partial charge in [-0.15, -0.1) is 0 Å². The Morgan fingerprint density at radius 3 is 2.68 bits per heavy atom. The fraction of sp³-hybridized carbons (Fsp3) is 0.600. The second-order valence-electron chi connectivity index (χ2n) is 7.65. The molecule has 1 N–H and O–H groups in total. The molecule has 25 heavy (non-hydrogen) atoms. The van der Waals surface area contributed by atoms with Gasteiger partial charge in [-0.3, -0.25) is 4.79 Å². The average molecular weight is 343 g/mol. The van der Waals surface area contributed by atoms with Gasteiger partial charge < -0.3 is 14.7 Å². The number of rotatable bonds is 3. The van der Waals surface area contributed by atoms with Gasteiger partial charge in [0, 0.05) is 37.3 Å². The van der Waals surface area contributed by atoms with Crippen molar-refractivity contribution in [2.45, 2.75) is 50.0 Å². The molecule has 1 aromatic carbocycles. The monoisotopic (exact) mass is 343 g/mol. The maximum absolute atomic E-state index is 13.0. The minimum Gasteiger partial charge on any atom is -0.464 e. The van der Waals surface area contributed by atoms with Gasteiger partial charge in [0.05, 0.1) is 6.61 Å². The number of aliphatic hydroxyl groups is 1. The molecule has 3 aliphatic rings. The van der Waals surface area contributed by atoms with E-state index in [0.29, 0.717) is 13.1 Å². The van der Waals surface area contributed by atoms with Crippen molar-refractivity contribution in [1.82, 2.24) is 4.90 Å². The molecule has 1 heterocycles. The van der Waals surface area contributed by atoms with Crippen LogP contribution < -0.4 is 0 Å². The van der Waals surface area contributed by atoms with E-state index in [1.807, 2.05) is 4.90 Å². The predicted molar refractivity (Wildman–Crippen MR) is 91.9 cm³/mol. The highest BCUT2D eigenvalue weighted by molar-refractivity contribution is 5.86. The molecule has 1 spiro atoms. The number of hydrogen-bond acceptors (Lipinski definition) is 4. The summed E-state index contributed by atoms with van der Waals surface area (Å²) in [5.74, 6) is -0.317. The van der Waals surface area contributed by atoms with Crippen LogP contribution >= 0.6 is 0 Å². The van der Waals surface area contributed by atoms with Crippen LogP contribution in [0.4, 0.5) is 0 Å². The van der Waals surface area contributed by atoms with Crippen LogP contribution in [0.25, 0.3) is 0 Å². The van der Waals surface area contributed by atoms with Crippen molar-refractivity contribution in [1.29, 1.82) is 0 Å². The van der Waals surface area contributed by atoms with Crippen molar-refractivity contribution in [3.63, 3.8) is 0 Å². The normalized spacial score (nSPS) is 29.4. The number of ether oxygens (including phenoxy) is 1. The Morgan fingerprint density at radius 1 is 1.24 bits per heavy atom. The SMILES string of the molecule is CCOC(=O)C1(O)CCN(C(=O)[C@H]2C[C@]23CCc2ccccc23)CC1. The van der Waals surface area contributed by atoms with Crippen molar-refractivity contribution >= 4 is 11.9 Å². The number of fused-ring (bicyclic) bond motifs is 2. The van der Waals surface area contributed by atoms with Gasteiger partial charge in [-0.05, 0) is 37.3 Å². The molecule has 4 rings (SSSR count). The number of carbonyl (C=O) groups excluding carboxylic acids is 2. The maximum Gasteiger partial charge on any atom is 0.338 e. The largest absolute Gasteiger partial charge is 0.464 e. The third-order valence-electron chi connectivity index (χ3n) is 6.33. The summed E-state index contributed by atoms with van der Waals surface area (Å²) in [6.07, 6.45) is 3.56. The first-order valence-corrected chi connectivity index (χ1v) is 9.27. The summed E-state index contributed by atoms with van der Waals surface area (Å²) in [5.41, 5.74) is 1.35. The highest BCUT2D eigenvalue weighted by Gasteiger charge is 2.62. The Kier molecular flexibility index (Phi) is 3.87. The third kappa shape index (κ3) is 2.56. The third-order valence-corrected chi connectivity index (χ3v) is 6.33. The zero-order valence-corrected chi connectivity index (χ0v) is 14.7. The summed E-state index contributed by atoms with van der Waals surface area (Å²) < 4.78 is 4.96. The van der Waals surface area contributed by atoms with Crippen molar-refractivity contribution in [2.75, 3.05) is 19.7 Å². The minimum atomic E-state index is -1.44. The molecule has 0 bridgehead atoms. The molecule has 1 aromatic rings. The average Bonchev–Trinajstić information content (AvgIpc) is 3.24. The van der Waals surface area contributed by atoms with Gasteiger partial charge in [0.15, 0.2) is 5.60 Å². The molecule has 0 radical (unpaired) electrons. The molecular weight excluding hydrogens is 318 g/mol. The maximum atomic E-state index is 13.0. The van der Waals surface area contributed by atoms with E-state index in [2.05, 4.69) is 24.3 Å². The van der Waals surface area contributed by atoms with Crippen LogP contribution in [0, 0.1) is 5.92 Å². The van der Waals surface area contributed by atoms with Crippen LogP contribution in [-0.4, -0.2) is 47.2 Å². The fourth-order valence-corrected chi connectivity index (χ4v) is 4.71. The molecule has 2 atom stereocenters. The number of hydrogen-bond donors (Lipinski definition) is 1. The Labute approximate surface area is 148 Å². The summed E-state index contributed by atoms with van der Waals surface area (Å²) in [6, 6.07) is 8.47. The quantitative estimate of drug-likeness (QED) is 0.850. The second kappa shape index (κ2) is 5.84. The van der Waals surface area contributed by atoms with Gasteiger partial charge in [-0.2, -0.15) is 0 Å². The number of nitrogens with zero attached hydrogens (tertiary/aromatic N) is 1. The standard InChI is InChI=1S/C20H25NO4/c1-2-25-18(23)20(24)9-11-21(12-10-20)17(22)16-13-19(16)8-7-14-5-3-4-6-15(14)19/h3-6,16,24H,2,7-13H2,1H3/t16-,19+/m1/s1. The van der Waals surface area contributed by atoms with Crippen molar-refractivity contribution in [3.05, 3.63) is 35.4 Å². The van der Waals surface area contributed by atoms with Crippen molar-refractivity contribution < 1.29 is 19.4 Å². The van der Waals surface area contributed by atoms with E-state index in [0.717, 1.165) is 19.3 Å². The molecular formula is C20H25NO4. The van der Waals surface area contributed by atoms with Gasteiger partial charge in [-0.1, -0.05) is 24.3 Å². The Hall–Kier alpha value is -1.88. The Morgan fingerprint density at radius 2 is 1.96 bits per heavy atom. The van der Waals surface area contributed by atoms with Crippen LogP contribution in [0.15, 0.2) is 24.3 Å². The van der Waals surface area contributed by atoms with E-state index in [1.54, 1.807) is 6.92 Å². The predicted octanol–water partition coefficient (Wildman–Crippen LogP) is 1.81. The molecule has 2 aliphatic carbocycles. The van der Waals surface area contributed by atoms with Crippen LogP contribution in [-0.2, 0) is 26.2 Å². The number of likely N-dealkylation sites (tertiary alicyclic amines) is 1. The summed E-state index contributed by atoms with van der Waals surface area (Å²) in [6.45, 7) is 2.82.